The van der Waals surface area contributed by atoms with E-state index in [1.807, 2.05) is 0 Å². The van der Waals surface area contributed by atoms with Crippen molar-refractivity contribution in [3.05, 3.63) is 35.9 Å². The number of hydrogen-bond donors (Lipinski definition) is 2. The first-order chi connectivity index (χ1) is 7.86. The lowest BCUT2D eigenvalue weighted by molar-refractivity contribution is 0.439. The summed E-state index contributed by atoms with van der Waals surface area (Å²) in [5, 5.41) is 3.47. The number of hydrogen-bond acceptors (Lipinski definition) is 2. The van der Waals surface area contributed by atoms with Crippen LogP contribution in [0.3, 0.4) is 0 Å². The molecule has 0 radical (unpaired) electrons. The van der Waals surface area contributed by atoms with Crippen LogP contribution in [0.4, 0.5) is 0 Å². The van der Waals surface area contributed by atoms with Crippen LogP contribution in [0.15, 0.2) is 30.3 Å². The second kappa shape index (κ2) is 8.31. The van der Waals surface area contributed by atoms with Crippen LogP contribution in [0.2, 0.25) is 0 Å². The van der Waals surface area contributed by atoms with E-state index in [0.29, 0.717) is 5.92 Å². The third-order valence-corrected chi connectivity index (χ3v) is 2.93. The molecule has 0 saturated carbocycles. The van der Waals surface area contributed by atoms with E-state index in [2.05, 4.69) is 42.6 Å². The summed E-state index contributed by atoms with van der Waals surface area (Å²) in [4.78, 5) is 0. The van der Waals surface area contributed by atoms with E-state index in [1.54, 1.807) is 0 Å². The van der Waals surface area contributed by atoms with Crippen LogP contribution in [0.1, 0.15) is 31.7 Å². The SMILES string of the molecule is CCCC(CN)CCNCc1ccccc1. The largest absolute Gasteiger partial charge is 0.330 e. The molecule has 90 valence electrons. The van der Waals surface area contributed by atoms with Crippen LogP contribution in [0.25, 0.3) is 0 Å². The lowest BCUT2D eigenvalue weighted by Gasteiger charge is -2.13. The highest BCUT2D eigenvalue weighted by Crippen LogP contribution is 2.08. The van der Waals surface area contributed by atoms with Crippen molar-refractivity contribution in [3.8, 4) is 0 Å². The molecule has 1 rings (SSSR count). The summed E-state index contributed by atoms with van der Waals surface area (Å²) in [6.07, 6.45) is 3.68. The molecule has 0 aliphatic rings. The molecule has 2 nitrogen and oxygen atoms in total. The van der Waals surface area contributed by atoms with Gasteiger partial charge in [-0.1, -0.05) is 43.7 Å². The predicted octanol–water partition coefficient (Wildman–Crippen LogP) is 2.54. The molecule has 0 bridgehead atoms. The summed E-state index contributed by atoms with van der Waals surface area (Å²) in [5.74, 6) is 0.688. The van der Waals surface area contributed by atoms with Gasteiger partial charge in [0.1, 0.15) is 0 Å². The molecule has 0 amide bonds. The van der Waals surface area contributed by atoms with Crippen LogP contribution in [0.5, 0.6) is 0 Å². The van der Waals surface area contributed by atoms with Gasteiger partial charge in [-0.2, -0.15) is 0 Å². The molecule has 0 heterocycles. The van der Waals surface area contributed by atoms with E-state index in [4.69, 9.17) is 5.73 Å². The van der Waals surface area contributed by atoms with Crippen LogP contribution in [-0.4, -0.2) is 13.1 Å². The summed E-state index contributed by atoms with van der Waals surface area (Å²) in [6, 6.07) is 10.5. The fraction of sp³-hybridized carbons (Fsp3) is 0.571. The van der Waals surface area contributed by atoms with Crippen molar-refractivity contribution < 1.29 is 0 Å². The molecule has 2 heteroatoms. The molecule has 1 unspecified atom stereocenters. The fourth-order valence-electron chi connectivity index (χ4n) is 1.92. The maximum Gasteiger partial charge on any atom is 0.0205 e. The standard InChI is InChI=1S/C14H24N2/c1-2-6-13(11-15)9-10-16-12-14-7-4-3-5-8-14/h3-5,7-8,13,16H,2,6,9-12,15H2,1H3. The Balaban J connectivity index is 2.11. The first-order valence-electron chi connectivity index (χ1n) is 6.31. The molecule has 0 saturated heterocycles. The van der Waals surface area contributed by atoms with E-state index in [0.717, 1.165) is 19.6 Å². The Hall–Kier alpha value is -0.860. The van der Waals surface area contributed by atoms with Crippen molar-refractivity contribution in [2.75, 3.05) is 13.1 Å². The lowest BCUT2D eigenvalue weighted by Crippen LogP contribution is -2.22. The summed E-state index contributed by atoms with van der Waals surface area (Å²) in [7, 11) is 0. The maximum atomic E-state index is 5.72. The van der Waals surface area contributed by atoms with Gasteiger partial charge in [0.15, 0.2) is 0 Å². The van der Waals surface area contributed by atoms with Crippen molar-refractivity contribution >= 4 is 0 Å². The minimum absolute atomic E-state index is 0.688. The van der Waals surface area contributed by atoms with Crippen molar-refractivity contribution in [1.82, 2.24) is 5.32 Å². The highest BCUT2D eigenvalue weighted by atomic mass is 14.8. The van der Waals surface area contributed by atoms with Crippen LogP contribution >= 0.6 is 0 Å². The number of rotatable bonds is 8. The Morgan fingerprint density at radius 3 is 2.56 bits per heavy atom. The maximum absolute atomic E-state index is 5.72. The summed E-state index contributed by atoms with van der Waals surface area (Å²) < 4.78 is 0. The van der Waals surface area contributed by atoms with Crippen molar-refractivity contribution in [2.24, 2.45) is 11.7 Å². The van der Waals surface area contributed by atoms with Gasteiger partial charge in [0.05, 0.1) is 0 Å². The zero-order valence-corrected chi connectivity index (χ0v) is 10.3. The predicted molar refractivity (Wildman–Crippen MR) is 70.2 cm³/mol. The number of benzene rings is 1. The van der Waals surface area contributed by atoms with Gasteiger partial charge >= 0.3 is 0 Å². The summed E-state index contributed by atoms with van der Waals surface area (Å²) in [5.41, 5.74) is 7.07. The Morgan fingerprint density at radius 1 is 1.19 bits per heavy atom. The normalized spacial score (nSPS) is 12.6. The Kier molecular flexibility index (Phi) is 6.86. The number of nitrogens with one attached hydrogen (secondary N) is 1. The first-order valence-corrected chi connectivity index (χ1v) is 6.31. The molecule has 0 aliphatic carbocycles. The van der Waals surface area contributed by atoms with Gasteiger partial charge in [0.25, 0.3) is 0 Å². The molecule has 16 heavy (non-hydrogen) atoms. The van der Waals surface area contributed by atoms with E-state index in [9.17, 15) is 0 Å². The summed E-state index contributed by atoms with van der Waals surface area (Å²) in [6.45, 7) is 5.07. The van der Waals surface area contributed by atoms with Gasteiger partial charge in [-0.15, -0.1) is 0 Å². The summed E-state index contributed by atoms with van der Waals surface area (Å²) >= 11 is 0. The zero-order chi connectivity index (χ0) is 11.6. The molecule has 0 aliphatic heterocycles. The van der Waals surface area contributed by atoms with Crippen molar-refractivity contribution in [1.29, 1.82) is 0 Å². The second-order valence-corrected chi connectivity index (χ2v) is 4.34. The van der Waals surface area contributed by atoms with Gasteiger partial charge in [-0.3, -0.25) is 0 Å². The molecule has 0 aromatic heterocycles. The number of nitrogens with two attached hydrogens (primary N) is 1. The quantitative estimate of drug-likeness (QED) is 0.661. The lowest BCUT2D eigenvalue weighted by atomic mass is 10.0. The third-order valence-electron chi connectivity index (χ3n) is 2.93. The van der Waals surface area contributed by atoms with Crippen LogP contribution < -0.4 is 11.1 Å². The molecule has 1 aromatic rings. The smallest absolute Gasteiger partial charge is 0.0205 e. The molecular weight excluding hydrogens is 196 g/mol. The van der Waals surface area contributed by atoms with E-state index in [1.165, 1.54) is 24.8 Å². The van der Waals surface area contributed by atoms with Crippen molar-refractivity contribution in [2.45, 2.75) is 32.7 Å². The first kappa shape index (κ1) is 13.2. The van der Waals surface area contributed by atoms with Gasteiger partial charge < -0.3 is 11.1 Å². The average molecular weight is 220 g/mol. The highest BCUT2D eigenvalue weighted by Gasteiger charge is 2.04. The van der Waals surface area contributed by atoms with E-state index < -0.39 is 0 Å². The fourth-order valence-corrected chi connectivity index (χ4v) is 1.92. The van der Waals surface area contributed by atoms with Gasteiger partial charge in [0.2, 0.25) is 0 Å². The molecule has 0 spiro atoms. The van der Waals surface area contributed by atoms with E-state index >= 15 is 0 Å². The minimum atomic E-state index is 0.688. The minimum Gasteiger partial charge on any atom is -0.330 e. The van der Waals surface area contributed by atoms with Gasteiger partial charge in [0, 0.05) is 6.54 Å². The average Bonchev–Trinajstić information content (AvgIpc) is 2.34. The Morgan fingerprint density at radius 2 is 1.94 bits per heavy atom. The second-order valence-electron chi connectivity index (χ2n) is 4.34. The highest BCUT2D eigenvalue weighted by molar-refractivity contribution is 5.14. The van der Waals surface area contributed by atoms with Crippen LogP contribution in [-0.2, 0) is 6.54 Å². The van der Waals surface area contributed by atoms with Gasteiger partial charge in [-0.05, 0) is 37.4 Å². The molecule has 1 aromatic carbocycles. The van der Waals surface area contributed by atoms with E-state index in [-0.39, 0.29) is 0 Å². The monoisotopic (exact) mass is 220 g/mol. The van der Waals surface area contributed by atoms with Crippen molar-refractivity contribution in [3.63, 3.8) is 0 Å². The van der Waals surface area contributed by atoms with Gasteiger partial charge in [-0.25, -0.2) is 0 Å². The molecule has 0 fully saturated rings. The molecule has 1 atom stereocenters. The topological polar surface area (TPSA) is 38.0 Å². The zero-order valence-electron chi connectivity index (χ0n) is 10.3. The Labute approximate surface area is 99.2 Å². The molecular formula is C14H24N2. The Bertz CT molecular complexity index is 259. The third kappa shape index (κ3) is 5.29. The van der Waals surface area contributed by atoms with Crippen LogP contribution in [0, 0.1) is 5.92 Å². The molecule has 3 N–H and O–H groups in total.